The molecule has 0 aliphatic carbocycles. The summed E-state index contributed by atoms with van der Waals surface area (Å²) in [6.45, 7) is 0. The van der Waals surface area contributed by atoms with Gasteiger partial charge in [-0.05, 0) is 53.6 Å². The maximum Gasteiger partial charge on any atom is 0.162 e. The highest BCUT2D eigenvalue weighted by Crippen LogP contribution is 2.41. The minimum Gasteiger partial charge on any atom is -0.454 e. The zero-order chi connectivity index (χ0) is 39.6. The van der Waals surface area contributed by atoms with Crippen molar-refractivity contribution in [3.05, 3.63) is 206 Å². The standard InChI is InChI=1S/C55H34N4O/c1-3-14-37(15-4-1)53-54-52(45-22-9-12-25-51(45)60-54)44-31-30-39(33-48(44)56-53)35-26-28-36(29-27-35)46-34-47(58-55(57-46)38-16-5-2-6-17-38)40-18-13-19-41(32-40)59-49-23-10-7-20-42(49)43-21-8-11-24-50(43)59/h1-34H. The number of hydrogen-bond acceptors (Lipinski definition) is 4. The number of fused-ring (bicyclic) bond motifs is 8. The van der Waals surface area contributed by atoms with Crippen LogP contribution in [0.1, 0.15) is 0 Å². The van der Waals surface area contributed by atoms with Gasteiger partial charge in [0.2, 0.25) is 0 Å². The van der Waals surface area contributed by atoms with Gasteiger partial charge in [-0.1, -0.05) is 164 Å². The highest BCUT2D eigenvalue weighted by atomic mass is 16.3. The van der Waals surface area contributed by atoms with E-state index in [1.807, 2.05) is 48.5 Å². The number of nitrogens with zero attached hydrogens (tertiary/aromatic N) is 4. The van der Waals surface area contributed by atoms with Crippen LogP contribution in [0.25, 0.3) is 117 Å². The molecule has 5 nitrogen and oxygen atoms in total. The smallest absolute Gasteiger partial charge is 0.162 e. The number of pyridine rings is 1. The monoisotopic (exact) mass is 766 g/mol. The Balaban J connectivity index is 0.958. The first-order chi connectivity index (χ1) is 29.7. The third-order valence-corrected chi connectivity index (χ3v) is 11.6. The minimum absolute atomic E-state index is 0.683. The Morgan fingerprint density at radius 3 is 1.68 bits per heavy atom. The van der Waals surface area contributed by atoms with Crippen molar-refractivity contribution < 1.29 is 4.42 Å². The Bertz CT molecular complexity index is 3530. The lowest BCUT2D eigenvalue weighted by Crippen LogP contribution is -1.98. The van der Waals surface area contributed by atoms with Gasteiger partial charge >= 0.3 is 0 Å². The van der Waals surface area contributed by atoms with Crippen LogP contribution < -0.4 is 0 Å². The molecular formula is C55H34N4O. The number of furan rings is 1. The van der Waals surface area contributed by atoms with Crippen molar-refractivity contribution in [3.63, 3.8) is 0 Å². The van der Waals surface area contributed by atoms with Gasteiger partial charge < -0.3 is 8.98 Å². The number of benzene rings is 8. The van der Waals surface area contributed by atoms with E-state index in [1.165, 1.54) is 21.8 Å². The van der Waals surface area contributed by atoms with Gasteiger partial charge in [-0.3, -0.25) is 0 Å². The Kier molecular flexibility index (Phi) is 7.78. The molecule has 0 radical (unpaired) electrons. The summed E-state index contributed by atoms with van der Waals surface area (Å²) in [4.78, 5) is 15.6. The van der Waals surface area contributed by atoms with E-state index in [-0.39, 0.29) is 0 Å². The lowest BCUT2D eigenvalue weighted by Gasteiger charge is -2.12. The van der Waals surface area contributed by atoms with Gasteiger partial charge in [0.05, 0.1) is 27.9 Å². The number of rotatable bonds is 6. The summed E-state index contributed by atoms with van der Waals surface area (Å²) in [6, 6.07) is 72.0. The second-order valence-electron chi connectivity index (χ2n) is 15.2. The van der Waals surface area contributed by atoms with Gasteiger partial charge in [0.1, 0.15) is 11.3 Å². The van der Waals surface area contributed by atoms with E-state index in [1.54, 1.807) is 0 Å². The molecule has 0 unspecified atom stereocenters. The first-order valence-electron chi connectivity index (χ1n) is 20.2. The van der Waals surface area contributed by atoms with Crippen LogP contribution >= 0.6 is 0 Å². The first-order valence-corrected chi connectivity index (χ1v) is 20.2. The lowest BCUT2D eigenvalue weighted by atomic mass is 9.98. The molecule has 280 valence electrons. The fraction of sp³-hybridized carbons (Fsp3) is 0. The third kappa shape index (κ3) is 5.59. The van der Waals surface area contributed by atoms with Gasteiger partial charge in [-0.25, -0.2) is 15.0 Å². The molecule has 0 amide bonds. The molecule has 0 saturated heterocycles. The number of para-hydroxylation sites is 3. The van der Waals surface area contributed by atoms with Gasteiger partial charge in [0, 0.05) is 54.9 Å². The maximum atomic E-state index is 6.47. The molecule has 4 aromatic heterocycles. The molecule has 0 bridgehead atoms. The Morgan fingerprint density at radius 1 is 0.367 bits per heavy atom. The largest absolute Gasteiger partial charge is 0.454 e. The SMILES string of the molecule is c1ccc(-c2nc(-c3ccc(-c4ccc5c(c4)nc(-c4ccccc4)c4oc6ccccc6c45)cc3)cc(-c3cccc(-n4c5ccccc5c5ccccc54)c3)n2)cc1. The molecule has 0 spiro atoms. The van der Waals surface area contributed by atoms with E-state index in [9.17, 15) is 0 Å². The van der Waals surface area contributed by atoms with E-state index in [4.69, 9.17) is 19.4 Å². The molecule has 0 N–H and O–H groups in total. The molecule has 12 rings (SSSR count). The Hall–Kier alpha value is -8.15. The van der Waals surface area contributed by atoms with Gasteiger partial charge in [-0.15, -0.1) is 0 Å². The van der Waals surface area contributed by atoms with Crippen molar-refractivity contribution >= 4 is 54.6 Å². The zero-order valence-corrected chi connectivity index (χ0v) is 32.3. The molecule has 0 fully saturated rings. The van der Waals surface area contributed by atoms with Crippen LogP contribution in [0.15, 0.2) is 211 Å². The zero-order valence-electron chi connectivity index (χ0n) is 32.3. The Labute approximate surface area is 345 Å². The number of aromatic nitrogens is 4. The molecule has 0 aliphatic heterocycles. The maximum absolute atomic E-state index is 6.47. The first kappa shape index (κ1) is 33.9. The van der Waals surface area contributed by atoms with Crippen molar-refractivity contribution in [1.29, 1.82) is 0 Å². The molecule has 0 saturated carbocycles. The van der Waals surface area contributed by atoms with Crippen LogP contribution in [0, 0.1) is 0 Å². The van der Waals surface area contributed by atoms with Crippen LogP contribution in [-0.4, -0.2) is 19.5 Å². The fourth-order valence-corrected chi connectivity index (χ4v) is 8.76. The van der Waals surface area contributed by atoms with Crippen LogP contribution in [0.5, 0.6) is 0 Å². The van der Waals surface area contributed by atoms with E-state index in [0.29, 0.717) is 5.82 Å². The van der Waals surface area contributed by atoms with Crippen molar-refractivity contribution in [2.75, 3.05) is 0 Å². The third-order valence-electron chi connectivity index (χ3n) is 11.6. The molecular weight excluding hydrogens is 733 g/mol. The Morgan fingerprint density at radius 2 is 0.950 bits per heavy atom. The second-order valence-corrected chi connectivity index (χ2v) is 15.2. The van der Waals surface area contributed by atoms with Gasteiger partial charge in [0.15, 0.2) is 11.4 Å². The normalized spacial score (nSPS) is 11.7. The molecule has 5 heteroatoms. The molecule has 4 heterocycles. The second kappa shape index (κ2) is 13.8. The summed E-state index contributed by atoms with van der Waals surface area (Å²) in [5.41, 5.74) is 14.8. The average molecular weight is 767 g/mol. The predicted octanol–water partition coefficient (Wildman–Crippen LogP) is 14.4. The van der Waals surface area contributed by atoms with Crippen molar-refractivity contribution in [3.8, 4) is 62.0 Å². The highest BCUT2D eigenvalue weighted by molar-refractivity contribution is 6.21. The molecule has 60 heavy (non-hydrogen) atoms. The molecule has 8 aromatic carbocycles. The summed E-state index contributed by atoms with van der Waals surface area (Å²) in [5.74, 6) is 0.683. The topological polar surface area (TPSA) is 56.7 Å². The van der Waals surface area contributed by atoms with E-state index < -0.39 is 0 Å². The average Bonchev–Trinajstić information content (AvgIpc) is 3.88. The fourth-order valence-electron chi connectivity index (χ4n) is 8.76. The number of hydrogen-bond donors (Lipinski definition) is 0. The summed E-state index contributed by atoms with van der Waals surface area (Å²) in [7, 11) is 0. The van der Waals surface area contributed by atoms with E-state index in [2.05, 4.69) is 162 Å². The summed E-state index contributed by atoms with van der Waals surface area (Å²) in [5, 5.41) is 5.72. The lowest BCUT2D eigenvalue weighted by molar-refractivity contribution is 0.669. The van der Waals surface area contributed by atoms with Crippen molar-refractivity contribution in [2.45, 2.75) is 0 Å². The molecule has 0 atom stereocenters. The quantitative estimate of drug-likeness (QED) is 0.169. The molecule has 12 aromatic rings. The summed E-state index contributed by atoms with van der Waals surface area (Å²) in [6.07, 6.45) is 0. The minimum atomic E-state index is 0.683. The van der Waals surface area contributed by atoms with Crippen LogP contribution in [0.3, 0.4) is 0 Å². The van der Waals surface area contributed by atoms with Crippen molar-refractivity contribution in [2.24, 2.45) is 0 Å². The van der Waals surface area contributed by atoms with Crippen molar-refractivity contribution in [1.82, 2.24) is 19.5 Å². The highest BCUT2D eigenvalue weighted by Gasteiger charge is 2.19. The summed E-state index contributed by atoms with van der Waals surface area (Å²) < 4.78 is 8.81. The molecule has 0 aliphatic rings. The van der Waals surface area contributed by atoms with Crippen LogP contribution in [0.4, 0.5) is 0 Å². The van der Waals surface area contributed by atoms with Gasteiger partial charge in [0.25, 0.3) is 0 Å². The van der Waals surface area contributed by atoms with Crippen LogP contribution in [0.2, 0.25) is 0 Å². The van der Waals surface area contributed by atoms with Gasteiger partial charge in [-0.2, -0.15) is 0 Å². The predicted molar refractivity (Wildman–Crippen MR) is 246 cm³/mol. The van der Waals surface area contributed by atoms with E-state index in [0.717, 1.165) is 89.0 Å². The van der Waals surface area contributed by atoms with Crippen LogP contribution in [-0.2, 0) is 0 Å². The van der Waals surface area contributed by atoms with E-state index >= 15 is 0 Å². The summed E-state index contributed by atoms with van der Waals surface area (Å²) >= 11 is 0.